The summed E-state index contributed by atoms with van der Waals surface area (Å²) in [6.07, 6.45) is 0. The maximum Gasteiger partial charge on any atom is 0.321 e. The third kappa shape index (κ3) is 2.91. The van der Waals surface area contributed by atoms with Crippen molar-refractivity contribution in [3.05, 3.63) is 34.9 Å². The van der Waals surface area contributed by atoms with Crippen molar-refractivity contribution in [2.45, 2.75) is 24.3 Å². The van der Waals surface area contributed by atoms with E-state index in [0.717, 1.165) is 0 Å². The van der Waals surface area contributed by atoms with Crippen molar-refractivity contribution in [1.29, 1.82) is 0 Å². The van der Waals surface area contributed by atoms with Gasteiger partial charge in [-0.3, -0.25) is 10.1 Å². The smallest absolute Gasteiger partial charge is 0.321 e. The number of nitrogens with one attached hydrogen (secondary N) is 1. The molecule has 3 unspecified atom stereocenters. The molecule has 104 valence electrons. The van der Waals surface area contributed by atoms with E-state index in [9.17, 15) is 13.2 Å². The van der Waals surface area contributed by atoms with Crippen LogP contribution in [-0.2, 0) is 14.6 Å². The van der Waals surface area contributed by atoms with Crippen molar-refractivity contribution in [2.24, 2.45) is 0 Å². The molecule has 3 atom stereocenters. The Balaban J connectivity index is 2.40. The van der Waals surface area contributed by atoms with Gasteiger partial charge in [0.2, 0.25) is 0 Å². The number of hydrogen-bond donors (Lipinski definition) is 2. The maximum atomic E-state index is 12.0. The van der Waals surface area contributed by atoms with E-state index >= 15 is 0 Å². The van der Waals surface area contributed by atoms with Crippen LogP contribution in [0.3, 0.4) is 0 Å². The standard InChI is InChI=1S/C12H14ClNO4S/c1-7-11(8-3-2-4-9(13)5-8)14-10(12(15)16)6-19(7,17)18/h2-5,7,10-11,14H,6H2,1H3,(H,15,16). The van der Waals surface area contributed by atoms with Gasteiger partial charge in [-0.05, 0) is 24.6 Å². The van der Waals surface area contributed by atoms with Gasteiger partial charge in [0, 0.05) is 11.1 Å². The number of carbonyl (C=O) groups is 1. The number of carboxylic acids is 1. The quantitative estimate of drug-likeness (QED) is 0.859. The fraction of sp³-hybridized carbons (Fsp3) is 0.417. The molecule has 0 aliphatic carbocycles. The summed E-state index contributed by atoms with van der Waals surface area (Å²) in [6.45, 7) is 1.58. The molecule has 1 saturated heterocycles. The average molecular weight is 304 g/mol. The number of sulfone groups is 1. The molecule has 2 rings (SSSR count). The number of hydrogen-bond acceptors (Lipinski definition) is 4. The molecule has 1 fully saturated rings. The lowest BCUT2D eigenvalue weighted by atomic mass is 10.0. The number of carboxylic acid groups (broad SMARTS) is 1. The second-order valence-electron chi connectivity index (χ2n) is 4.62. The van der Waals surface area contributed by atoms with Gasteiger partial charge in [-0.15, -0.1) is 0 Å². The SMILES string of the molecule is CC1C(c2cccc(Cl)c2)NC(C(=O)O)CS1(=O)=O. The van der Waals surface area contributed by atoms with Crippen LogP contribution < -0.4 is 5.32 Å². The first kappa shape index (κ1) is 14.3. The summed E-state index contributed by atoms with van der Waals surface area (Å²) in [5.74, 6) is -1.55. The minimum absolute atomic E-state index is 0.388. The Labute approximate surface area is 116 Å². The molecule has 0 radical (unpaired) electrons. The third-order valence-corrected chi connectivity index (χ3v) is 5.76. The molecule has 1 heterocycles. The van der Waals surface area contributed by atoms with Crippen LogP contribution in [0.15, 0.2) is 24.3 Å². The van der Waals surface area contributed by atoms with Crippen LogP contribution in [0.1, 0.15) is 18.5 Å². The Morgan fingerprint density at radius 1 is 1.47 bits per heavy atom. The van der Waals surface area contributed by atoms with E-state index in [2.05, 4.69) is 5.32 Å². The molecule has 0 saturated carbocycles. The van der Waals surface area contributed by atoms with E-state index in [4.69, 9.17) is 16.7 Å². The zero-order valence-electron chi connectivity index (χ0n) is 10.2. The number of benzene rings is 1. The lowest BCUT2D eigenvalue weighted by Crippen LogP contribution is -2.54. The summed E-state index contributed by atoms with van der Waals surface area (Å²) in [4.78, 5) is 11.0. The first-order valence-electron chi connectivity index (χ1n) is 5.77. The van der Waals surface area contributed by atoms with Gasteiger partial charge in [0.15, 0.2) is 9.84 Å². The van der Waals surface area contributed by atoms with Gasteiger partial charge in [0.05, 0.1) is 11.0 Å². The molecule has 5 nitrogen and oxygen atoms in total. The highest BCUT2D eigenvalue weighted by atomic mass is 35.5. The van der Waals surface area contributed by atoms with Gasteiger partial charge in [0.25, 0.3) is 0 Å². The summed E-state index contributed by atoms with van der Waals surface area (Å²) >= 11 is 5.89. The normalized spacial score (nSPS) is 29.9. The van der Waals surface area contributed by atoms with E-state index in [-0.39, 0.29) is 5.75 Å². The van der Waals surface area contributed by atoms with Crippen LogP contribution in [0.2, 0.25) is 5.02 Å². The first-order chi connectivity index (χ1) is 8.81. The summed E-state index contributed by atoms with van der Waals surface area (Å²) in [7, 11) is -3.45. The van der Waals surface area contributed by atoms with Crippen LogP contribution in [0.4, 0.5) is 0 Å². The predicted molar refractivity (Wildman–Crippen MR) is 72.0 cm³/mol. The molecule has 19 heavy (non-hydrogen) atoms. The highest BCUT2D eigenvalue weighted by Gasteiger charge is 2.41. The predicted octanol–water partition coefficient (Wildman–Crippen LogP) is 1.24. The molecule has 0 spiro atoms. The monoisotopic (exact) mass is 303 g/mol. The van der Waals surface area contributed by atoms with Gasteiger partial charge < -0.3 is 5.11 Å². The van der Waals surface area contributed by atoms with E-state index < -0.39 is 33.1 Å². The number of aliphatic carboxylic acids is 1. The Morgan fingerprint density at radius 3 is 2.74 bits per heavy atom. The van der Waals surface area contributed by atoms with Crippen molar-refractivity contribution in [1.82, 2.24) is 5.32 Å². The van der Waals surface area contributed by atoms with Crippen LogP contribution in [0.5, 0.6) is 0 Å². The Bertz CT molecular complexity index is 602. The Morgan fingerprint density at radius 2 is 2.16 bits per heavy atom. The number of halogens is 1. The Kier molecular flexibility index (Phi) is 3.85. The zero-order chi connectivity index (χ0) is 14.2. The minimum Gasteiger partial charge on any atom is -0.480 e. The molecule has 0 aromatic heterocycles. The van der Waals surface area contributed by atoms with Crippen molar-refractivity contribution < 1.29 is 18.3 Å². The minimum atomic E-state index is -3.45. The molecule has 1 aromatic carbocycles. The topological polar surface area (TPSA) is 83.5 Å². The fourth-order valence-electron chi connectivity index (χ4n) is 2.20. The van der Waals surface area contributed by atoms with E-state index in [1.54, 1.807) is 31.2 Å². The largest absolute Gasteiger partial charge is 0.480 e. The highest BCUT2D eigenvalue weighted by Crippen LogP contribution is 2.29. The molecule has 7 heteroatoms. The molecule has 0 amide bonds. The molecule has 2 N–H and O–H groups in total. The molecule has 1 aliphatic heterocycles. The fourth-order valence-corrected chi connectivity index (χ4v) is 4.06. The van der Waals surface area contributed by atoms with Crippen molar-refractivity contribution in [3.63, 3.8) is 0 Å². The molecule has 0 bridgehead atoms. The average Bonchev–Trinajstić information content (AvgIpc) is 2.32. The van der Waals surface area contributed by atoms with E-state index in [1.807, 2.05) is 0 Å². The molecule has 1 aromatic rings. The van der Waals surface area contributed by atoms with Crippen molar-refractivity contribution in [2.75, 3.05) is 5.75 Å². The molecular weight excluding hydrogens is 290 g/mol. The first-order valence-corrected chi connectivity index (χ1v) is 7.86. The van der Waals surface area contributed by atoms with Gasteiger partial charge >= 0.3 is 5.97 Å². The summed E-state index contributed by atoms with van der Waals surface area (Å²) in [5, 5.41) is 11.7. The lowest BCUT2D eigenvalue weighted by molar-refractivity contribution is -0.139. The van der Waals surface area contributed by atoms with Crippen LogP contribution in [0.25, 0.3) is 0 Å². The van der Waals surface area contributed by atoms with Crippen molar-refractivity contribution in [3.8, 4) is 0 Å². The van der Waals surface area contributed by atoms with Crippen LogP contribution in [0, 0.1) is 0 Å². The van der Waals surface area contributed by atoms with Crippen LogP contribution in [-0.4, -0.2) is 36.5 Å². The highest BCUT2D eigenvalue weighted by molar-refractivity contribution is 7.92. The molecular formula is C12H14ClNO4S. The second kappa shape index (κ2) is 5.11. The van der Waals surface area contributed by atoms with Crippen LogP contribution >= 0.6 is 11.6 Å². The van der Waals surface area contributed by atoms with Gasteiger partial charge in [-0.25, -0.2) is 8.42 Å². The second-order valence-corrected chi connectivity index (χ2v) is 7.46. The molecule has 1 aliphatic rings. The zero-order valence-corrected chi connectivity index (χ0v) is 11.8. The third-order valence-electron chi connectivity index (χ3n) is 3.32. The van der Waals surface area contributed by atoms with Gasteiger partial charge in [-0.1, -0.05) is 23.7 Å². The van der Waals surface area contributed by atoms with Gasteiger partial charge in [0.1, 0.15) is 6.04 Å². The summed E-state index contributed by atoms with van der Waals surface area (Å²) < 4.78 is 24.1. The van der Waals surface area contributed by atoms with E-state index in [1.165, 1.54) is 0 Å². The Hall–Kier alpha value is -1.11. The van der Waals surface area contributed by atoms with Gasteiger partial charge in [-0.2, -0.15) is 0 Å². The summed E-state index contributed by atoms with van der Waals surface area (Å²) in [6, 6.07) is 5.11. The number of rotatable bonds is 2. The van der Waals surface area contributed by atoms with Crippen molar-refractivity contribution >= 4 is 27.4 Å². The lowest BCUT2D eigenvalue weighted by Gasteiger charge is -2.34. The summed E-state index contributed by atoms with van der Waals surface area (Å²) in [5.41, 5.74) is 0.675. The maximum absolute atomic E-state index is 12.0. The van der Waals surface area contributed by atoms with E-state index in [0.29, 0.717) is 10.6 Å².